The summed E-state index contributed by atoms with van der Waals surface area (Å²) in [7, 11) is 3.21. The van der Waals surface area contributed by atoms with Gasteiger partial charge in [-0.3, -0.25) is 0 Å². The third-order valence-electron chi connectivity index (χ3n) is 2.31. The smallest absolute Gasteiger partial charge is 0.165 e. The molecule has 1 aromatic heterocycles. The number of methoxy groups -OCH3 is 2. The Hall–Kier alpha value is -1.14. The van der Waals surface area contributed by atoms with Gasteiger partial charge in [-0.2, -0.15) is 0 Å². The number of halogens is 2. The van der Waals surface area contributed by atoms with Crippen LogP contribution in [0.5, 0.6) is 11.5 Å². The quantitative estimate of drug-likeness (QED) is 0.769. The number of benzene rings is 1. The minimum Gasteiger partial charge on any atom is -0.497 e. The van der Waals surface area contributed by atoms with Crippen LogP contribution in [0, 0.1) is 0 Å². The lowest BCUT2D eigenvalue weighted by Gasteiger charge is -2.09. The molecular formula is C12H10Br2N2O2. The summed E-state index contributed by atoms with van der Waals surface area (Å²) in [6.07, 6.45) is 0. The molecule has 0 N–H and O–H groups in total. The Kier molecular flexibility index (Phi) is 4.19. The predicted molar refractivity (Wildman–Crippen MR) is 76.0 cm³/mol. The lowest BCUT2D eigenvalue weighted by Crippen LogP contribution is -1.95. The van der Waals surface area contributed by atoms with E-state index in [0.717, 1.165) is 11.3 Å². The van der Waals surface area contributed by atoms with Crippen molar-refractivity contribution < 1.29 is 9.47 Å². The number of nitrogens with zero attached hydrogens (tertiary/aromatic N) is 2. The molecule has 0 fully saturated rings. The van der Waals surface area contributed by atoms with E-state index in [1.165, 1.54) is 0 Å². The van der Waals surface area contributed by atoms with Crippen LogP contribution in [0.1, 0.15) is 0 Å². The number of ether oxygens (including phenoxy) is 2. The Morgan fingerprint density at radius 1 is 0.944 bits per heavy atom. The second-order valence-electron chi connectivity index (χ2n) is 3.40. The van der Waals surface area contributed by atoms with Gasteiger partial charge in [-0.25, -0.2) is 9.97 Å². The van der Waals surface area contributed by atoms with Crippen LogP contribution in [-0.2, 0) is 0 Å². The molecule has 0 amide bonds. The average Bonchev–Trinajstić information content (AvgIpc) is 2.36. The fourth-order valence-corrected chi connectivity index (χ4v) is 2.57. The molecule has 1 heterocycles. The third-order valence-corrected chi connectivity index (χ3v) is 3.13. The molecule has 18 heavy (non-hydrogen) atoms. The molecule has 1 aromatic carbocycles. The maximum Gasteiger partial charge on any atom is 0.165 e. The largest absolute Gasteiger partial charge is 0.497 e. The third kappa shape index (κ3) is 2.81. The molecule has 0 aliphatic rings. The monoisotopic (exact) mass is 372 g/mol. The summed E-state index contributed by atoms with van der Waals surface area (Å²) >= 11 is 6.68. The van der Waals surface area contributed by atoms with Gasteiger partial charge >= 0.3 is 0 Å². The molecule has 2 aromatic rings. The molecule has 6 heteroatoms. The average molecular weight is 374 g/mol. The van der Waals surface area contributed by atoms with Crippen molar-refractivity contribution >= 4 is 31.9 Å². The molecule has 0 saturated carbocycles. The molecule has 0 aliphatic heterocycles. The van der Waals surface area contributed by atoms with E-state index >= 15 is 0 Å². The molecule has 0 spiro atoms. The van der Waals surface area contributed by atoms with Crippen molar-refractivity contribution in [1.29, 1.82) is 0 Å². The highest BCUT2D eigenvalue weighted by Crippen LogP contribution is 2.32. The van der Waals surface area contributed by atoms with E-state index < -0.39 is 0 Å². The molecule has 0 radical (unpaired) electrons. The fourth-order valence-electron chi connectivity index (χ4n) is 1.49. The topological polar surface area (TPSA) is 44.2 Å². The second kappa shape index (κ2) is 5.67. The molecular weight excluding hydrogens is 364 g/mol. The summed E-state index contributed by atoms with van der Waals surface area (Å²) in [6, 6.07) is 7.29. The molecule has 0 atom stereocenters. The van der Waals surface area contributed by atoms with Crippen molar-refractivity contribution in [3.63, 3.8) is 0 Å². The van der Waals surface area contributed by atoms with E-state index in [0.29, 0.717) is 20.8 Å². The first-order chi connectivity index (χ1) is 8.63. The van der Waals surface area contributed by atoms with Crippen molar-refractivity contribution in [1.82, 2.24) is 9.97 Å². The van der Waals surface area contributed by atoms with Crippen LogP contribution in [0.15, 0.2) is 33.5 Å². The van der Waals surface area contributed by atoms with Crippen molar-refractivity contribution in [2.24, 2.45) is 0 Å². The van der Waals surface area contributed by atoms with Crippen molar-refractivity contribution in [3.05, 3.63) is 33.5 Å². The molecule has 0 aliphatic carbocycles. The van der Waals surface area contributed by atoms with Gasteiger partial charge in [-0.1, -0.05) is 0 Å². The Morgan fingerprint density at radius 2 is 1.61 bits per heavy atom. The first-order valence-electron chi connectivity index (χ1n) is 5.06. The molecule has 4 nitrogen and oxygen atoms in total. The van der Waals surface area contributed by atoms with Gasteiger partial charge < -0.3 is 9.47 Å². The molecule has 2 rings (SSSR count). The van der Waals surface area contributed by atoms with E-state index in [2.05, 4.69) is 41.8 Å². The zero-order valence-corrected chi connectivity index (χ0v) is 12.9. The Bertz CT molecular complexity index is 556. The summed E-state index contributed by atoms with van der Waals surface area (Å²) in [4.78, 5) is 8.65. The Morgan fingerprint density at radius 3 is 2.17 bits per heavy atom. The number of hydrogen-bond donors (Lipinski definition) is 0. The van der Waals surface area contributed by atoms with Gasteiger partial charge in [0.05, 0.1) is 19.8 Å². The molecule has 0 unspecified atom stereocenters. The lowest BCUT2D eigenvalue weighted by atomic mass is 10.2. The number of rotatable bonds is 3. The number of hydrogen-bond acceptors (Lipinski definition) is 4. The highest BCUT2D eigenvalue weighted by Gasteiger charge is 2.11. The van der Waals surface area contributed by atoms with Gasteiger partial charge in [0.15, 0.2) is 5.82 Å². The highest BCUT2D eigenvalue weighted by atomic mass is 79.9. The van der Waals surface area contributed by atoms with Crippen molar-refractivity contribution in [2.45, 2.75) is 0 Å². The van der Waals surface area contributed by atoms with Crippen molar-refractivity contribution in [2.75, 3.05) is 14.2 Å². The number of aromatic nitrogens is 2. The van der Waals surface area contributed by atoms with Gasteiger partial charge in [0.1, 0.15) is 20.7 Å². The van der Waals surface area contributed by atoms with Gasteiger partial charge in [0.25, 0.3) is 0 Å². The second-order valence-corrected chi connectivity index (χ2v) is 5.03. The summed E-state index contributed by atoms with van der Waals surface area (Å²) in [6.45, 7) is 0. The first kappa shape index (κ1) is 13.3. The van der Waals surface area contributed by atoms with Gasteiger partial charge in [0, 0.05) is 12.1 Å². The standard InChI is InChI=1S/C12H10Br2N2O2/c1-17-7-3-4-8(9(5-7)18-2)12-15-10(13)6-11(14)16-12/h3-6H,1-2H3. The maximum absolute atomic E-state index is 5.33. The minimum absolute atomic E-state index is 0.579. The van der Waals surface area contributed by atoms with Crippen LogP contribution in [0.2, 0.25) is 0 Å². The van der Waals surface area contributed by atoms with Gasteiger partial charge in [0.2, 0.25) is 0 Å². The van der Waals surface area contributed by atoms with Crippen LogP contribution in [0.4, 0.5) is 0 Å². The zero-order chi connectivity index (χ0) is 13.1. The zero-order valence-electron chi connectivity index (χ0n) is 9.78. The molecule has 94 valence electrons. The summed E-state index contributed by atoms with van der Waals surface area (Å²) in [5.41, 5.74) is 0.806. The van der Waals surface area contributed by atoms with Crippen molar-refractivity contribution in [3.8, 4) is 22.9 Å². The van der Waals surface area contributed by atoms with Crippen LogP contribution >= 0.6 is 31.9 Å². The van der Waals surface area contributed by atoms with E-state index in [4.69, 9.17) is 9.47 Å². The van der Waals surface area contributed by atoms with Gasteiger partial charge in [-0.15, -0.1) is 0 Å². The molecule has 0 saturated heterocycles. The van der Waals surface area contributed by atoms with E-state index in [1.807, 2.05) is 12.1 Å². The summed E-state index contributed by atoms with van der Waals surface area (Å²) in [5.74, 6) is 1.97. The highest BCUT2D eigenvalue weighted by molar-refractivity contribution is 9.11. The van der Waals surface area contributed by atoms with Crippen LogP contribution < -0.4 is 9.47 Å². The van der Waals surface area contributed by atoms with Crippen LogP contribution in [0.3, 0.4) is 0 Å². The predicted octanol–water partition coefficient (Wildman–Crippen LogP) is 3.69. The lowest BCUT2D eigenvalue weighted by molar-refractivity contribution is 0.395. The molecule has 0 bridgehead atoms. The summed E-state index contributed by atoms with van der Waals surface area (Å²) in [5, 5.41) is 0. The van der Waals surface area contributed by atoms with E-state index in [1.54, 1.807) is 26.4 Å². The Balaban J connectivity index is 2.55. The normalized spacial score (nSPS) is 10.2. The van der Waals surface area contributed by atoms with E-state index in [9.17, 15) is 0 Å². The van der Waals surface area contributed by atoms with Gasteiger partial charge in [-0.05, 0) is 44.0 Å². The van der Waals surface area contributed by atoms with E-state index in [-0.39, 0.29) is 0 Å². The minimum atomic E-state index is 0.579. The fraction of sp³-hybridized carbons (Fsp3) is 0.167. The maximum atomic E-state index is 5.33. The first-order valence-corrected chi connectivity index (χ1v) is 6.65. The summed E-state index contributed by atoms with van der Waals surface area (Å²) < 4.78 is 11.9. The SMILES string of the molecule is COc1ccc(-c2nc(Br)cc(Br)n2)c(OC)c1. The van der Waals surface area contributed by atoms with Crippen LogP contribution in [0.25, 0.3) is 11.4 Å². The Labute approximate surface area is 122 Å². The van der Waals surface area contributed by atoms with Crippen LogP contribution in [-0.4, -0.2) is 24.2 Å².